The van der Waals surface area contributed by atoms with Crippen molar-refractivity contribution in [1.29, 1.82) is 0 Å². The van der Waals surface area contributed by atoms with Crippen LogP contribution < -0.4 is 0 Å². The van der Waals surface area contributed by atoms with Crippen LogP contribution in [0.4, 0.5) is 0 Å². The zero-order valence-corrected chi connectivity index (χ0v) is 36.4. The summed E-state index contributed by atoms with van der Waals surface area (Å²) in [5.74, 6) is -1.02. The lowest BCUT2D eigenvalue weighted by Crippen LogP contribution is -2.33. The normalized spacial score (nSPS) is 14.9. The van der Waals surface area contributed by atoms with Crippen molar-refractivity contribution in [2.75, 3.05) is 19.4 Å². The van der Waals surface area contributed by atoms with E-state index in [4.69, 9.17) is 14.0 Å². The Morgan fingerprint density at radius 3 is 1.31 bits per heavy atom. The van der Waals surface area contributed by atoms with Crippen LogP contribution >= 0.6 is 32.9 Å². The fourth-order valence-electron chi connectivity index (χ4n) is 5.96. The third kappa shape index (κ3) is 34.0. The van der Waals surface area contributed by atoms with E-state index < -0.39 is 36.1 Å². The molecule has 0 aromatic rings. The van der Waals surface area contributed by atoms with Crippen LogP contribution in [0.1, 0.15) is 208 Å². The minimum atomic E-state index is -3.92. The molecule has 0 bridgehead atoms. The molecule has 10 heteroatoms. The summed E-state index contributed by atoms with van der Waals surface area (Å²) in [6.07, 6.45) is 30.4. The van der Waals surface area contributed by atoms with E-state index in [1.807, 2.05) is 20.8 Å². The van der Waals surface area contributed by atoms with Gasteiger partial charge in [-0.25, -0.2) is 0 Å². The van der Waals surface area contributed by atoms with Gasteiger partial charge in [0.1, 0.15) is 6.61 Å². The third-order valence-corrected chi connectivity index (χ3v) is 11.8. The molecule has 0 rings (SSSR count). The second-order valence-corrected chi connectivity index (χ2v) is 19.3. The van der Waals surface area contributed by atoms with Gasteiger partial charge < -0.3 is 18.9 Å². The molecule has 0 aromatic carbocycles. The van der Waals surface area contributed by atoms with Crippen LogP contribution in [0.25, 0.3) is 0 Å². The average Bonchev–Trinajstić information content (AvgIpc) is 3.08. The summed E-state index contributed by atoms with van der Waals surface area (Å²) in [7, 11) is -3.92. The molecule has 4 atom stereocenters. The first-order chi connectivity index (χ1) is 24.3. The highest BCUT2D eigenvalue weighted by Crippen LogP contribution is 2.45. The zero-order valence-electron chi connectivity index (χ0n) is 33.7. The number of unbranched alkanes of at least 4 members (excludes halogenated alkanes) is 22. The SMILES string of the molecule is CCCCCCCCCCCCCCC(S)C(=O)OCC(COP(=O)(O)CCC(C)(C)C)OC(=O)C(S)CCCCCCCCCCCCCC. The number of thiol groups is 2. The molecule has 51 heavy (non-hydrogen) atoms. The highest BCUT2D eigenvalue weighted by atomic mass is 32.1. The second-order valence-electron chi connectivity index (χ2n) is 16.0. The predicted octanol–water partition coefficient (Wildman–Crippen LogP) is 12.9. The smallest absolute Gasteiger partial charge is 0.328 e. The van der Waals surface area contributed by atoms with E-state index >= 15 is 0 Å². The van der Waals surface area contributed by atoms with Crippen LogP contribution in [0.15, 0.2) is 0 Å². The number of hydrogen-bond donors (Lipinski definition) is 3. The van der Waals surface area contributed by atoms with E-state index in [0.29, 0.717) is 19.3 Å². The Kier molecular flexibility index (Phi) is 33.0. The molecule has 0 aromatic heterocycles. The van der Waals surface area contributed by atoms with Crippen LogP contribution in [-0.4, -0.2) is 52.8 Å². The van der Waals surface area contributed by atoms with E-state index in [9.17, 15) is 19.0 Å². The molecule has 0 aliphatic carbocycles. The lowest BCUT2D eigenvalue weighted by molar-refractivity contribution is -0.160. The van der Waals surface area contributed by atoms with Crippen molar-refractivity contribution in [2.24, 2.45) is 5.41 Å². The average molecular weight is 781 g/mol. The molecule has 7 nitrogen and oxygen atoms in total. The van der Waals surface area contributed by atoms with Gasteiger partial charge in [-0.05, 0) is 24.7 Å². The van der Waals surface area contributed by atoms with E-state index in [2.05, 4.69) is 39.1 Å². The number of carbonyl (C=O) groups excluding carboxylic acids is 2. The lowest BCUT2D eigenvalue weighted by Gasteiger charge is -2.23. The van der Waals surface area contributed by atoms with Crippen LogP contribution in [0.2, 0.25) is 0 Å². The van der Waals surface area contributed by atoms with Gasteiger partial charge in [-0.15, -0.1) is 0 Å². The first-order valence-corrected chi connectivity index (χ1v) is 23.8. The summed E-state index contributed by atoms with van der Waals surface area (Å²) in [5.41, 5.74) is -0.134. The largest absolute Gasteiger partial charge is 0.461 e. The highest BCUT2D eigenvalue weighted by Gasteiger charge is 2.28. The number of rotatable bonds is 36. The quantitative estimate of drug-likeness (QED) is 0.0252. The van der Waals surface area contributed by atoms with Crippen LogP contribution in [-0.2, 0) is 28.2 Å². The van der Waals surface area contributed by atoms with Gasteiger partial charge in [0, 0.05) is 0 Å². The Balaban J connectivity index is 4.59. The van der Waals surface area contributed by atoms with Gasteiger partial charge in [0.05, 0.1) is 23.3 Å². The standard InChI is InChI=1S/C41H81O7PS2/c1-6-8-10-12-14-16-18-20-22-24-26-28-30-37(50)39(42)46-34-36(35-47-49(44,45)33-32-41(3,4)5)48-40(43)38(51)31-29-27-25-23-21-19-17-15-13-11-9-7-2/h36-38,50-51H,6-35H2,1-5H3,(H,44,45). The third-order valence-electron chi connectivity index (χ3n) is 9.51. The van der Waals surface area contributed by atoms with Crippen LogP contribution in [0.3, 0.4) is 0 Å². The minimum Gasteiger partial charge on any atom is -0.461 e. The summed E-state index contributed by atoms with van der Waals surface area (Å²) in [5, 5.41) is -1.21. The monoisotopic (exact) mass is 781 g/mol. The van der Waals surface area contributed by atoms with Crippen molar-refractivity contribution in [3.63, 3.8) is 0 Å². The molecular weight excluding hydrogens is 700 g/mol. The molecule has 1 N–H and O–H groups in total. The molecule has 0 spiro atoms. The molecule has 0 aliphatic heterocycles. The van der Waals surface area contributed by atoms with E-state index in [1.54, 1.807) is 0 Å². The number of esters is 2. The first kappa shape index (κ1) is 50.8. The Morgan fingerprint density at radius 2 is 0.941 bits per heavy atom. The molecule has 0 aliphatic rings. The molecule has 0 heterocycles. The molecule has 4 unspecified atom stereocenters. The van der Waals surface area contributed by atoms with Gasteiger partial charge >= 0.3 is 19.5 Å². The van der Waals surface area contributed by atoms with Crippen molar-refractivity contribution in [1.82, 2.24) is 0 Å². The highest BCUT2D eigenvalue weighted by molar-refractivity contribution is 7.82. The van der Waals surface area contributed by atoms with Gasteiger partial charge in [0.25, 0.3) is 0 Å². The minimum absolute atomic E-state index is 0.0110. The maximum Gasteiger partial charge on any atom is 0.328 e. The van der Waals surface area contributed by atoms with E-state index in [-0.39, 0.29) is 24.8 Å². The maximum atomic E-state index is 12.9. The number of carbonyl (C=O) groups is 2. The van der Waals surface area contributed by atoms with Gasteiger partial charge in [-0.2, -0.15) is 25.3 Å². The molecule has 0 fully saturated rings. The summed E-state index contributed by atoms with van der Waals surface area (Å²) in [6.45, 7) is 9.86. The Bertz CT molecular complexity index is 883. The van der Waals surface area contributed by atoms with Gasteiger partial charge in [0.15, 0.2) is 6.10 Å². The molecule has 0 radical (unpaired) electrons. The van der Waals surface area contributed by atoms with Crippen molar-refractivity contribution in [3.05, 3.63) is 0 Å². The Hall–Kier alpha value is -0.210. The van der Waals surface area contributed by atoms with Gasteiger partial charge in [-0.1, -0.05) is 189 Å². The van der Waals surface area contributed by atoms with E-state index in [0.717, 1.165) is 38.5 Å². The topological polar surface area (TPSA) is 99.1 Å². The second kappa shape index (κ2) is 33.2. The van der Waals surface area contributed by atoms with Gasteiger partial charge in [0.2, 0.25) is 0 Å². The van der Waals surface area contributed by atoms with Crippen LogP contribution in [0, 0.1) is 5.41 Å². The molecule has 0 amide bonds. The Morgan fingerprint density at radius 1 is 0.588 bits per heavy atom. The molecular formula is C41H81O7PS2. The predicted molar refractivity (Wildman–Crippen MR) is 222 cm³/mol. The fourth-order valence-corrected chi connectivity index (χ4v) is 7.95. The van der Waals surface area contributed by atoms with Crippen molar-refractivity contribution in [3.8, 4) is 0 Å². The molecule has 304 valence electrons. The summed E-state index contributed by atoms with van der Waals surface area (Å²) >= 11 is 8.97. The zero-order chi connectivity index (χ0) is 38.2. The van der Waals surface area contributed by atoms with Crippen molar-refractivity contribution in [2.45, 2.75) is 225 Å². The molecule has 0 saturated heterocycles. The van der Waals surface area contributed by atoms with Crippen LogP contribution in [0.5, 0.6) is 0 Å². The lowest BCUT2D eigenvalue weighted by atomic mass is 9.94. The number of ether oxygens (including phenoxy) is 2. The van der Waals surface area contributed by atoms with Crippen molar-refractivity contribution < 1.29 is 33.0 Å². The fraction of sp³-hybridized carbons (Fsp3) is 0.951. The Labute approximate surface area is 326 Å². The number of hydrogen-bond acceptors (Lipinski definition) is 8. The summed E-state index contributed by atoms with van der Waals surface area (Å²) in [4.78, 5) is 36.1. The summed E-state index contributed by atoms with van der Waals surface area (Å²) in [6, 6.07) is 0. The maximum absolute atomic E-state index is 12.9. The van der Waals surface area contributed by atoms with Crippen molar-refractivity contribution >= 4 is 44.8 Å². The van der Waals surface area contributed by atoms with E-state index in [1.165, 1.54) is 116 Å². The first-order valence-electron chi connectivity index (χ1n) is 21.0. The van der Waals surface area contributed by atoms with Gasteiger partial charge in [-0.3, -0.25) is 14.2 Å². The summed E-state index contributed by atoms with van der Waals surface area (Å²) < 4.78 is 29.2. The molecule has 0 saturated carbocycles.